The molecule has 0 aliphatic heterocycles. The van der Waals surface area contributed by atoms with Crippen molar-refractivity contribution in [2.45, 2.75) is 38.5 Å². The largest absolute Gasteiger partial charge is 0.290 e. The molecule has 3 aromatic rings. The number of hydrogen-bond donors (Lipinski definition) is 2. The lowest BCUT2D eigenvalue weighted by Crippen LogP contribution is -2.33. The van der Waals surface area contributed by atoms with E-state index < -0.39 is 5.82 Å². The molecule has 158 valence electrons. The van der Waals surface area contributed by atoms with Gasteiger partial charge in [-0.3, -0.25) is 15.4 Å². The van der Waals surface area contributed by atoms with Crippen molar-refractivity contribution in [2.75, 3.05) is 0 Å². The molecule has 4 rings (SSSR count). The monoisotopic (exact) mass is 428 g/mol. The molecule has 2 N–H and O–H groups in total. The van der Waals surface area contributed by atoms with Crippen molar-refractivity contribution in [1.82, 2.24) is 15.3 Å². The second kappa shape index (κ2) is 8.74. The number of amidine groups is 1. The van der Waals surface area contributed by atoms with E-state index in [0.29, 0.717) is 23.4 Å². The Morgan fingerprint density at radius 3 is 2.70 bits per heavy atom. The molecule has 1 aromatic heterocycles. The van der Waals surface area contributed by atoms with Crippen LogP contribution in [0.3, 0.4) is 0 Å². The van der Waals surface area contributed by atoms with Gasteiger partial charge in [0, 0.05) is 18.4 Å². The summed E-state index contributed by atoms with van der Waals surface area (Å²) in [6, 6.07) is 10.9. The molecule has 0 saturated heterocycles. The number of aryl methyl sites for hydroxylation is 1. The number of fused-ring (bicyclic) bond motifs is 1. The predicted molar refractivity (Wildman–Crippen MR) is 118 cm³/mol. The minimum atomic E-state index is -0.482. The number of benzene rings is 2. The fourth-order valence-corrected chi connectivity index (χ4v) is 4.71. The molecule has 0 bridgehead atoms. The summed E-state index contributed by atoms with van der Waals surface area (Å²) in [6.45, 7) is 2.07. The molecule has 1 atom stereocenters. The van der Waals surface area contributed by atoms with Gasteiger partial charge in [-0.1, -0.05) is 24.6 Å². The first-order valence-electron chi connectivity index (χ1n) is 10.3. The van der Waals surface area contributed by atoms with Crippen LogP contribution in [0, 0.1) is 17.7 Å². The van der Waals surface area contributed by atoms with Crippen LogP contribution in [-0.2, 0) is 7.05 Å². The highest BCUT2D eigenvalue weighted by Gasteiger charge is 2.29. The Hall–Kier alpha value is -2.44. The average molecular weight is 429 g/mol. The Bertz CT molecular complexity index is 1070. The van der Waals surface area contributed by atoms with Crippen molar-refractivity contribution in [1.29, 1.82) is 0 Å². The van der Waals surface area contributed by atoms with Crippen LogP contribution in [0.4, 0.5) is 10.1 Å². The Morgan fingerprint density at radius 1 is 1.23 bits per heavy atom. The van der Waals surface area contributed by atoms with Crippen LogP contribution in [0.2, 0.25) is 5.02 Å². The quantitative estimate of drug-likeness (QED) is 0.305. The van der Waals surface area contributed by atoms with Gasteiger partial charge < -0.3 is 0 Å². The average Bonchev–Trinajstić information content (AvgIpc) is 3.14. The Morgan fingerprint density at radius 2 is 2.00 bits per heavy atom. The summed E-state index contributed by atoms with van der Waals surface area (Å²) in [5.41, 5.74) is 5.29. The van der Waals surface area contributed by atoms with Gasteiger partial charge in [-0.15, -0.1) is 0 Å². The Kier molecular flexibility index (Phi) is 6.06. The van der Waals surface area contributed by atoms with Gasteiger partial charge in [0.15, 0.2) is 0 Å². The predicted octanol–water partition coefficient (Wildman–Crippen LogP) is 5.98. The minimum absolute atomic E-state index is 0.0206. The number of aromatic nitrogens is 2. The van der Waals surface area contributed by atoms with Crippen LogP contribution in [0.25, 0.3) is 10.9 Å². The van der Waals surface area contributed by atoms with Crippen LogP contribution < -0.4 is 5.48 Å². The van der Waals surface area contributed by atoms with E-state index in [1.807, 2.05) is 17.9 Å². The molecule has 30 heavy (non-hydrogen) atoms. The van der Waals surface area contributed by atoms with Crippen molar-refractivity contribution >= 4 is 34.0 Å². The van der Waals surface area contributed by atoms with E-state index in [1.165, 1.54) is 23.1 Å². The molecule has 0 spiro atoms. The zero-order valence-corrected chi connectivity index (χ0v) is 17.9. The Balaban J connectivity index is 1.43. The van der Waals surface area contributed by atoms with Crippen molar-refractivity contribution in [3.05, 3.63) is 59.0 Å². The van der Waals surface area contributed by atoms with Crippen LogP contribution >= 0.6 is 11.6 Å². The smallest absolute Gasteiger partial charge is 0.141 e. The van der Waals surface area contributed by atoms with Gasteiger partial charge in [0.1, 0.15) is 11.7 Å². The van der Waals surface area contributed by atoms with Gasteiger partial charge in [0.2, 0.25) is 0 Å². The zero-order chi connectivity index (χ0) is 21.3. The van der Waals surface area contributed by atoms with Crippen LogP contribution in [0.1, 0.15) is 44.1 Å². The third kappa shape index (κ3) is 4.20. The van der Waals surface area contributed by atoms with E-state index >= 15 is 0 Å². The molecule has 0 radical (unpaired) electrons. The van der Waals surface area contributed by atoms with Crippen LogP contribution in [-0.4, -0.2) is 20.8 Å². The fraction of sp³-hybridized carbons (Fsp3) is 0.391. The highest BCUT2D eigenvalue weighted by Crippen LogP contribution is 2.40. The van der Waals surface area contributed by atoms with E-state index in [9.17, 15) is 9.60 Å². The molecule has 2 aromatic carbocycles. The van der Waals surface area contributed by atoms with Gasteiger partial charge >= 0.3 is 0 Å². The number of hydroxylamine groups is 1. The summed E-state index contributed by atoms with van der Waals surface area (Å²) in [4.78, 5) is 4.46. The highest BCUT2D eigenvalue weighted by molar-refractivity contribution is 6.31. The van der Waals surface area contributed by atoms with Gasteiger partial charge in [0.05, 0.1) is 22.4 Å². The van der Waals surface area contributed by atoms with E-state index in [0.717, 1.165) is 31.2 Å². The maximum atomic E-state index is 13.4. The SMILES string of the molecule is C[C@H](C(=Nc1ccc(F)c(Cl)c1)NO)C1CCC(c2ccc3c(cnn3C)c2)CC1. The van der Waals surface area contributed by atoms with Crippen molar-refractivity contribution in [3.63, 3.8) is 0 Å². The molecule has 5 nitrogen and oxygen atoms in total. The standard InChI is InChI=1S/C23H26ClFN4O/c1-14(23(28-30)27-19-8-9-21(25)20(24)12-19)15-3-5-16(6-4-15)17-7-10-22-18(11-17)13-26-29(22)2/h7-16,30H,3-6H2,1-2H3,(H,27,28)/t14-,15?,16?/m0/s1. The Labute approximate surface area is 180 Å². The summed E-state index contributed by atoms with van der Waals surface area (Å²) >= 11 is 5.85. The minimum Gasteiger partial charge on any atom is -0.290 e. The lowest BCUT2D eigenvalue weighted by atomic mass is 9.74. The molecule has 1 heterocycles. The number of rotatable bonds is 4. The van der Waals surface area contributed by atoms with Crippen molar-refractivity contribution in [2.24, 2.45) is 23.9 Å². The third-order valence-corrected chi connectivity index (χ3v) is 6.71. The molecule has 1 fully saturated rings. The van der Waals surface area contributed by atoms with Gasteiger partial charge in [-0.2, -0.15) is 5.10 Å². The first-order chi connectivity index (χ1) is 14.5. The highest BCUT2D eigenvalue weighted by atomic mass is 35.5. The molecule has 1 aliphatic carbocycles. The van der Waals surface area contributed by atoms with Gasteiger partial charge in [-0.25, -0.2) is 9.38 Å². The summed E-state index contributed by atoms with van der Waals surface area (Å²) in [5.74, 6) is 1.01. The number of nitrogens with one attached hydrogen (secondary N) is 1. The molecule has 0 unspecified atom stereocenters. The van der Waals surface area contributed by atoms with Gasteiger partial charge in [-0.05, 0) is 73.4 Å². The topological polar surface area (TPSA) is 62.4 Å². The molecule has 1 aliphatic rings. The van der Waals surface area contributed by atoms with E-state index in [1.54, 1.807) is 6.07 Å². The van der Waals surface area contributed by atoms with Crippen molar-refractivity contribution in [3.8, 4) is 0 Å². The summed E-state index contributed by atoms with van der Waals surface area (Å²) in [5, 5.41) is 15.2. The summed E-state index contributed by atoms with van der Waals surface area (Å²) < 4.78 is 15.3. The van der Waals surface area contributed by atoms with Crippen LogP contribution in [0.15, 0.2) is 47.6 Å². The van der Waals surface area contributed by atoms with Gasteiger partial charge in [0.25, 0.3) is 0 Å². The van der Waals surface area contributed by atoms with E-state index in [-0.39, 0.29) is 10.9 Å². The maximum Gasteiger partial charge on any atom is 0.141 e. The molecular weight excluding hydrogens is 403 g/mol. The molecular formula is C23H26ClFN4O. The zero-order valence-electron chi connectivity index (χ0n) is 17.1. The fourth-order valence-electron chi connectivity index (χ4n) is 4.53. The first-order valence-corrected chi connectivity index (χ1v) is 10.7. The number of nitrogens with zero attached hydrogens (tertiary/aromatic N) is 3. The maximum absolute atomic E-state index is 13.4. The lowest BCUT2D eigenvalue weighted by Gasteiger charge is -2.32. The normalized spacial score (nSPS) is 21.0. The van der Waals surface area contributed by atoms with E-state index in [4.69, 9.17) is 11.6 Å². The second-order valence-electron chi connectivity index (χ2n) is 8.19. The van der Waals surface area contributed by atoms with Crippen LogP contribution in [0.5, 0.6) is 0 Å². The molecule has 0 amide bonds. The lowest BCUT2D eigenvalue weighted by molar-refractivity contribution is 0.213. The number of halogens is 2. The second-order valence-corrected chi connectivity index (χ2v) is 8.60. The number of aliphatic imine (C=N–C) groups is 1. The van der Waals surface area contributed by atoms with Crippen molar-refractivity contribution < 1.29 is 9.60 Å². The van der Waals surface area contributed by atoms with E-state index in [2.05, 4.69) is 40.7 Å². The molecule has 1 saturated carbocycles. The third-order valence-electron chi connectivity index (χ3n) is 6.42. The summed E-state index contributed by atoms with van der Waals surface area (Å²) in [6.07, 6.45) is 6.23. The summed E-state index contributed by atoms with van der Waals surface area (Å²) in [7, 11) is 1.96. The number of hydrogen-bond acceptors (Lipinski definition) is 3. The first kappa shape index (κ1) is 20.8. The molecule has 7 heteroatoms.